The first kappa shape index (κ1) is 19.7. The first-order chi connectivity index (χ1) is 13.0. The number of benzene rings is 1. The standard InChI is InChI=1S/C17H17F2N5OS2/c1-12(27-26-8-14-7-20-4-5-22-14)17(25,9-24-11-21-10-23-24)15-3-2-13(18)6-16(15)19/h2-7,10-12,25H,8-9H2,1H3/t12-,17-/m1/s1. The Morgan fingerprint density at radius 3 is 2.78 bits per heavy atom. The molecule has 10 heteroatoms. The molecule has 0 fully saturated rings. The lowest BCUT2D eigenvalue weighted by molar-refractivity contribution is 0.0137. The molecule has 3 aromatic rings. The summed E-state index contributed by atoms with van der Waals surface area (Å²) in [7, 11) is 2.85. The summed E-state index contributed by atoms with van der Waals surface area (Å²) in [4.78, 5) is 12.1. The topological polar surface area (TPSA) is 76.7 Å². The van der Waals surface area contributed by atoms with E-state index in [0.29, 0.717) is 5.75 Å². The van der Waals surface area contributed by atoms with Gasteiger partial charge in [-0.2, -0.15) is 5.10 Å². The van der Waals surface area contributed by atoms with Gasteiger partial charge in [-0.15, -0.1) is 0 Å². The lowest BCUT2D eigenvalue weighted by Crippen LogP contribution is -2.41. The molecule has 2 heterocycles. The van der Waals surface area contributed by atoms with E-state index in [0.717, 1.165) is 17.8 Å². The highest BCUT2D eigenvalue weighted by Gasteiger charge is 2.39. The van der Waals surface area contributed by atoms with Gasteiger partial charge in [0.1, 0.15) is 29.9 Å². The van der Waals surface area contributed by atoms with Crippen LogP contribution in [0, 0.1) is 11.6 Å². The highest BCUT2D eigenvalue weighted by Crippen LogP contribution is 2.41. The maximum absolute atomic E-state index is 14.4. The Balaban J connectivity index is 1.80. The van der Waals surface area contributed by atoms with Gasteiger partial charge in [-0.25, -0.2) is 18.4 Å². The van der Waals surface area contributed by atoms with Crippen LogP contribution >= 0.6 is 21.6 Å². The molecule has 1 aromatic carbocycles. The molecule has 0 aliphatic heterocycles. The average molecular weight is 409 g/mol. The predicted octanol–water partition coefficient (Wildman–Crippen LogP) is 3.20. The Labute approximate surface area is 162 Å². The van der Waals surface area contributed by atoms with Gasteiger partial charge in [-0.05, 0) is 13.0 Å². The van der Waals surface area contributed by atoms with Crippen molar-refractivity contribution in [3.05, 3.63) is 72.3 Å². The molecule has 1 N–H and O–H groups in total. The van der Waals surface area contributed by atoms with Gasteiger partial charge in [0.2, 0.25) is 0 Å². The third kappa shape index (κ3) is 4.82. The summed E-state index contributed by atoms with van der Waals surface area (Å²) in [5.74, 6) is -0.922. The lowest BCUT2D eigenvalue weighted by atomic mass is 9.90. The van der Waals surface area contributed by atoms with Crippen LogP contribution in [-0.4, -0.2) is 35.1 Å². The van der Waals surface area contributed by atoms with Crippen LogP contribution in [0.4, 0.5) is 8.78 Å². The smallest absolute Gasteiger partial charge is 0.137 e. The number of hydrogen-bond acceptors (Lipinski definition) is 7. The molecule has 0 saturated heterocycles. The van der Waals surface area contributed by atoms with Crippen molar-refractivity contribution in [2.24, 2.45) is 0 Å². The molecule has 0 amide bonds. The van der Waals surface area contributed by atoms with Crippen LogP contribution in [0.3, 0.4) is 0 Å². The summed E-state index contributed by atoms with van der Waals surface area (Å²) >= 11 is 0. The Morgan fingerprint density at radius 2 is 2.11 bits per heavy atom. The Morgan fingerprint density at radius 1 is 1.26 bits per heavy atom. The maximum Gasteiger partial charge on any atom is 0.137 e. The zero-order chi connectivity index (χ0) is 19.3. The van der Waals surface area contributed by atoms with Crippen LogP contribution in [0.15, 0.2) is 49.4 Å². The van der Waals surface area contributed by atoms with Gasteiger partial charge in [0.15, 0.2) is 0 Å². The molecule has 0 unspecified atom stereocenters. The zero-order valence-corrected chi connectivity index (χ0v) is 16.0. The van der Waals surface area contributed by atoms with Crippen LogP contribution in [0.2, 0.25) is 0 Å². The summed E-state index contributed by atoms with van der Waals surface area (Å²) in [5.41, 5.74) is -0.805. The number of aliphatic hydroxyl groups is 1. The van der Waals surface area contributed by atoms with Crippen LogP contribution in [0.5, 0.6) is 0 Å². The molecule has 0 aliphatic rings. The largest absolute Gasteiger partial charge is 0.382 e. The highest BCUT2D eigenvalue weighted by molar-refractivity contribution is 8.76. The Bertz CT molecular complexity index is 869. The quantitative estimate of drug-likeness (QED) is 0.573. The maximum atomic E-state index is 14.4. The first-order valence-electron chi connectivity index (χ1n) is 8.02. The second-order valence-corrected chi connectivity index (χ2v) is 8.55. The summed E-state index contributed by atoms with van der Waals surface area (Å²) in [6.07, 6.45) is 7.65. The molecular weight excluding hydrogens is 392 g/mol. The third-order valence-corrected chi connectivity index (χ3v) is 6.83. The summed E-state index contributed by atoms with van der Waals surface area (Å²) in [5, 5.41) is 14.9. The number of nitrogens with zero attached hydrogens (tertiary/aromatic N) is 5. The summed E-state index contributed by atoms with van der Waals surface area (Å²) < 4.78 is 29.2. The molecule has 0 radical (unpaired) electrons. The molecule has 2 aromatic heterocycles. The second-order valence-electron chi connectivity index (χ2n) is 5.84. The van der Waals surface area contributed by atoms with Crippen LogP contribution in [0.25, 0.3) is 0 Å². The van der Waals surface area contributed by atoms with E-state index in [1.165, 1.54) is 45.0 Å². The van der Waals surface area contributed by atoms with Crippen molar-refractivity contribution < 1.29 is 13.9 Å². The second kappa shape index (κ2) is 8.77. The van der Waals surface area contributed by atoms with Crippen LogP contribution in [0.1, 0.15) is 18.2 Å². The fourth-order valence-electron chi connectivity index (χ4n) is 2.52. The van der Waals surface area contributed by atoms with Gasteiger partial charge in [0.05, 0.1) is 12.2 Å². The average Bonchev–Trinajstić information content (AvgIpc) is 3.15. The van der Waals surface area contributed by atoms with Crippen molar-refractivity contribution in [2.45, 2.75) is 30.1 Å². The van der Waals surface area contributed by atoms with Crippen molar-refractivity contribution >= 4 is 21.6 Å². The van der Waals surface area contributed by atoms with Gasteiger partial charge in [0.25, 0.3) is 0 Å². The number of rotatable bonds is 8. The Kier molecular flexibility index (Phi) is 6.40. The van der Waals surface area contributed by atoms with Crippen molar-refractivity contribution in [2.75, 3.05) is 0 Å². The van der Waals surface area contributed by atoms with E-state index in [1.54, 1.807) is 25.5 Å². The van der Waals surface area contributed by atoms with E-state index in [2.05, 4.69) is 20.1 Å². The van der Waals surface area contributed by atoms with E-state index in [9.17, 15) is 13.9 Å². The zero-order valence-electron chi connectivity index (χ0n) is 14.4. The molecule has 0 saturated carbocycles. The highest BCUT2D eigenvalue weighted by atomic mass is 33.1. The predicted molar refractivity (Wildman–Crippen MR) is 101 cm³/mol. The minimum absolute atomic E-state index is 0.0134. The fourth-order valence-corrected chi connectivity index (χ4v) is 5.07. The van der Waals surface area contributed by atoms with Gasteiger partial charge >= 0.3 is 0 Å². The molecule has 0 bridgehead atoms. The summed E-state index contributed by atoms with van der Waals surface area (Å²) in [6.45, 7) is 1.77. The molecule has 142 valence electrons. The number of hydrogen-bond donors (Lipinski definition) is 1. The molecular formula is C17H17F2N5OS2. The molecule has 27 heavy (non-hydrogen) atoms. The van der Waals surface area contributed by atoms with Crippen molar-refractivity contribution in [1.82, 2.24) is 24.7 Å². The minimum atomic E-state index is -1.62. The number of aromatic nitrogens is 5. The summed E-state index contributed by atoms with van der Waals surface area (Å²) in [6, 6.07) is 3.17. The van der Waals surface area contributed by atoms with E-state index in [1.807, 2.05) is 0 Å². The normalized spacial score (nSPS) is 14.7. The van der Waals surface area contributed by atoms with Gasteiger partial charge in [-0.1, -0.05) is 27.7 Å². The van der Waals surface area contributed by atoms with Crippen molar-refractivity contribution in [3.63, 3.8) is 0 Å². The van der Waals surface area contributed by atoms with Gasteiger partial charge in [-0.3, -0.25) is 9.97 Å². The molecule has 6 nitrogen and oxygen atoms in total. The molecule has 3 rings (SSSR count). The van der Waals surface area contributed by atoms with Crippen molar-refractivity contribution in [3.8, 4) is 0 Å². The van der Waals surface area contributed by atoms with E-state index in [4.69, 9.17) is 0 Å². The molecule has 0 spiro atoms. The van der Waals surface area contributed by atoms with Crippen LogP contribution in [-0.2, 0) is 17.9 Å². The molecule has 0 aliphatic carbocycles. The Hall–Kier alpha value is -2.04. The fraction of sp³-hybridized carbons (Fsp3) is 0.294. The van der Waals surface area contributed by atoms with E-state index in [-0.39, 0.29) is 12.1 Å². The molecule has 2 atom stereocenters. The third-order valence-electron chi connectivity index (χ3n) is 3.98. The van der Waals surface area contributed by atoms with E-state index < -0.39 is 22.5 Å². The van der Waals surface area contributed by atoms with E-state index >= 15 is 0 Å². The number of halogens is 2. The van der Waals surface area contributed by atoms with Gasteiger partial charge < -0.3 is 5.11 Å². The minimum Gasteiger partial charge on any atom is -0.382 e. The van der Waals surface area contributed by atoms with Crippen LogP contribution < -0.4 is 0 Å². The van der Waals surface area contributed by atoms with Crippen molar-refractivity contribution in [1.29, 1.82) is 0 Å². The monoisotopic (exact) mass is 409 g/mol. The SMILES string of the molecule is C[C@@H](SSCc1cnccn1)[C@](O)(Cn1cncn1)c1ccc(F)cc1F. The lowest BCUT2D eigenvalue weighted by Gasteiger charge is -2.34. The first-order valence-corrected chi connectivity index (χ1v) is 10.4. The van der Waals surface area contributed by atoms with Gasteiger partial charge in [0, 0.05) is 41.2 Å².